The summed E-state index contributed by atoms with van der Waals surface area (Å²) in [5.41, 5.74) is 0.166. The van der Waals surface area contributed by atoms with Crippen LogP contribution in [-0.2, 0) is 39.8 Å². The first kappa shape index (κ1) is 26.2. The molecule has 8 heteroatoms. The van der Waals surface area contributed by atoms with Crippen LogP contribution in [0.3, 0.4) is 0 Å². The maximum absolute atomic E-state index is 14.2. The van der Waals surface area contributed by atoms with Crippen LogP contribution in [0.5, 0.6) is 0 Å². The second-order valence-electron chi connectivity index (χ2n) is 11.4. The Labute approximate surface area is 222 Å². The van der Waals surface area contributed by atoms with Gasteiger partial charge in [0, 0.05) is 24.3 Å². The average molecular weight is 523 g/mol. The number of fused-ring (bicyclic) bond motifs is 3. The van der Waals surface area contributed by atoms with Gasteiger partial charge in [-0.25, -0.2) is 0 Å². The Kier molecular flexibility index (Phi) is 6.92. The molecule has 3 aliphatic rings. The number of ether oxygens (including phenoxy) is 3. The van der Waals surface area contributed by atoms with Gasteiger partial charge >= 0.3 is 17.9 Å². The zero-order valence-electron chi connectivity index (χ0n) is 22.0. The summed E-state index contributed by atoms with van der Waals surface area (Å²) >= 11 is 0. The first-order valence-electron chi connectivity index (χ1n) is 13.2. The lowest BCUT2D eigenvalue weighted by Crippen LogP contribution is -2.64. The van der Waals surface area contributed by atoms with Crippen LogP contribution < -0.4 is 0 Å². The molecule has 2 heterocycles. The maximum atomic E-state index is 14.2. The molecular weight excluding hydrogens is 488 g/mol. The predicted molar refractivity (Wildman–Crippen MR) is 134 cm³/mol. The Morgan fingerprint density at radius 1 is 1.08 bits per heavy atom. The number of aryl methyl sites for hydroxylation is 1. The quantitative estimate of drug-likeness (QED) is 0.400. The van der Waals surface area contributed by atoms with Crippen LogP contribution in [-0.4, -0.2) is 36.9 Å². The molecule has 2 aliphatic carbocycles. The van der Waals surface area contributed by atoms with Crippen molar-refractivity contribution in [2.75, 3.05) is 7.11 Å². The number of carbonyl (C=O) groups excluding carboxylic acids is 4. The van der Waals surface area contributed by atoms with Crippen LogP contribution in [0.1, 0.15) is 63.2 Å². The third-order valence-electron chi connectivity index (χ3n) is 9.24. The molecule has 1 aromatic carbocycles. The molecule has 0 spiro atoms. The topological polar surface area (TPSA) is 109 Å². The molecule has 1 saturated heterocycles. The summed E-state index contributed by atoms with van der Waals surface area (Å²) in [6, 6.07) is 11.3. The zero-order chi connectivity index (χ0) is 27.1. The van der Waals surface area contributed by atoms with E-state index in [1.54, 1.807) is 12.3 Å². The van der Waals surface area contributed by atoms with E-state index in [0.29, 0.717) is 25.7 Å². The molecule has 0 unspecified atom stereocenters. The van der Waals surface area contributed by atoms with Crippen molar-refractivity contribution >= 4 is 23.7 Å². The van der Waals surface area contributed by atoms with Gasteiger partial charge in [-0.3, -0.25) is 19.2 Å². The molecule has 1 aromatic heterocycles. The molecule has 0 amide bonds. The van der Waals surface area contributed by atoms with Crippen molar-refractivity contribution < 1.29 is 37.8 Å². The van der Waals surface area contributed by atoms with Crippen LogP contribution in [0.15, 0.2) is 53.3 Å². The number of benzene rings is 1. The van der Waals surface area contributed by atoms with E-state index in [9.17, 15) is 19.2 Å². The minimum Gasteiger partial charge on any atom is -0.472 e. The molecule has 7 atom stereocenters. The monoisotopic (exact) mass is 522 g/mol. The average Bonchev–Trinajstić information content (AvgIpc) is 3.44. The van der Waals surface area contributed by atoms with Gasteiger partial charge in [0.2, 0.25) is 0 Å². The summed E-state index contributed by atoms with van der Waals surface area (Å²) in [6.07, 6.45) is 3.49. The third-order valence-corrected chi connectivity index (χ3v) is 9.24. The Bertz CT molecular complexity index is 1200. The Hall–Kier alpha value is -3.42. The number of carbonyl (C=O) groups is 4. The van der Waals surface area contributed by atoms with Gasteiger partial charge in [0.05, 0.1) is 31.5 Å². The van der Waals surface area contributed by atoms with E-state index in [2.05, 4.69) is 0 Å². The van der Waals surface area contributed by atoms with Crippen molar-refractivity contribution in [3.63, 3.8) is 0 Å². The van der Waals surface area contributed by atoms with Crippen LogP contribution in [0.2, 0.25) is 0 Å². The van der Waals surface area contributed by atoms with E-state index in [-0.39, 0.29) is 24.6 Å². The molecule has 1 aliphatic heterocycles. The fraction of sp³-hybridized carbons (Fsp3) is 0.533. The van der Waals surface area contributed by atoms with E-state index < -0.39 is 52.7 Å². The molecule has 202 valence electrons. The van der Waals surface area contributed by atoms with Crippen molar-refractivity contribution in [1.29, 1.82) is 0 Å². The van der Waals surface area contributed by atoms with E-state index in [0.717, 1.165) is 11.1 Å². The second-order valence-corrected chi connectivity index (χ2v) is 11.4. The van der Waals surface area contributed by atoms with Crippen molar-refractivity contribution in [3.8, 4) is 0 Å². The number of methoxy groups -OCH3 is 1. The van der Waals surface area contributed by atoms with Gasteiger partial charge in [0.1, 0.15) is 6.10 Å². The number of cyclic esters (lactones) is 1. The fourth-order valence-electron chi connectivity index (χ4n) is 7.37. The van der Waals surface area contributed by atoms with E-state index in [4.69, 9.17) is 18.6 Å². The van der Waals surface area contributed by atoms with Gasteiger partial charge in [-0.1, -0.05) is 44.2 Å². The maximum Gasteiger partial charge on any atom is 0.310 e. The number of Topliss-reactive ketones (excluding diaryl/α,β-unsaturated/α-hetero) is 1. The van der Waals surface area contributed by atoms with Gasteiger partial charge in [0.25, 0.3) is 0 Å². The number of ketones is 1. The highest BCUT2D eigenvalue weighted by Gasteiger charge is 2.67. The number of hydrogen-bond donors (Lipinski definition) is 0. The smallest absolute Gasteiger partial charge is 0.310 e. The summed E-state index contributed by atoms with van der Waals surface area (Å²) in [7, 11) is 1.33. The standard InChI is InChI=1S/C30H34O8/c1-29-13-11-20-28(34)38-23(19-12-14-36-17-19)16-30(20,2)26(29)25(32)22(15-21(29)27(33)35-3)37-24(31)10-9-18-7-5-4-6-8-18/h4-8,12,14,17,20-23,26H,9-11,13,15-16H2,1-3H3/t20-,21-,22-,23+,26-,29-,30-/m0/s1. The van der Waals surface area contributed by atoms with E-state index >= 15 is 0 Å². The summed E-state index contributed by atoms with van der Waals surface area (Å²) in [6.45, 7) is 3.89. The molecule has 0 N–H and O–H groups in total. The third kappa shape index (κ3) is 4.44. The molecule has 3 fully saturated rings. The van der Waals surface area contributed by atoms with Crippen molar-refractivity contribution in [1.82, 2.24) is 0 Å². The largest absolute Gasteiger partial charge is 0.472 e. The minimum absolute atomic E-state index is 0.0753. The highest BCUT2D eigenvalue weighted by Crippen LogP contribution is 2.65. The number of furan rings is 1. The summed E-state index contributed by atoms with van der Waals surface area (Å²) < 4.78 is 21.9. The first-order chi connectivity index (χ1) is 18.2. The number of hydrogen-bond acceptors (Lipinski definition) is 8. The molecule has 38 heavy (non-hydrogen) atoms. The van der Waals surface area contributed by atoms with Crippen LogP contribution in [0, 0.1) is 28.6 Å². The van der Waals surface area contributed by atoms with Crippen LogP contribution in [0.25, 0.3) is 0 Å². The summed E-state index contributed by atoms with van der Waals surface area (Å²) in [5, 5.41) is 0. The van der Waals surface area contributed by atoms with Gasteiger partial charge in [0.15, 0.2) is 11.9 Å². The number of esters is 3. The Morgan fingerprint density at radius 2 is 1.84 bits per heavy atom. The Morgan fingerprint density at radius 3 is 2.53 bits per heavy atom. The molecule has 0 bridgehead atoms. The van der Waals surface area contributed by atoms with E-state index in [1.807, 2.05) is 44.2 Å². The lowest BCUT2D eigenvalue weighted by atomic mass is 9.43. The Balaban J connectivity index is 1.45. The zero-order valence-corrected chi connectivity index (χ0v) is 22.0. The molecule has 2 saturated carbocycles. The van der Waals surface area contributed by atoms with Gasteiger partial charge < -0.3 is 18.6 Å². The van der Waals surface area contributed by atoms with E-state index in [1.165, 1.54) is 13.4 Å². The predicted octanol–water partition coefficient (Wildman–Crippen LogP) is 4.61. The highest BCUT2D eigenvalue weighted by molar-refractivity contribution is 5.93. The lowest BCUT2D eigenvalue weighted by Gasteiger charge is -2.61. The highest BCUT2D eigenvalue weighted by atomic mass is 16.6. The molecule has 2 aromatic rings. The number of rotatable bonds is 6. The molecule has 8 nitrogen and oxygen atoms in total. The van der Waals surface area contributed by atoms with Gasteiger partial charge in [-0.15, -0.1) is 0 Å². The molecular formula is C30H34O8. The van der Waals surface area contributed by atoms with Gasteiger partial charge in [-0.05, 0) is 48.1 Å². The van der Waals surface area contributed by atoms with Gasteiger partial charge in [-0.2, -0.15) is 0 Å². The fourth-order valence-corrected chi connectivity index (χ4v) is 7.37. The SMILES string of the molecule is COC(=O)[C@@H]1C[C@H](OC(=O)CCc2ccccc2)C(=O)[C@H]2[C@@]1(C)CC[C@H]1C(=O)O[C@@H](c3ccoc3)C[C@]21C. The molecule has 0 radical (unpaired) electrons. The first-order valence-corrected chi connectivity index (χ1v) is 13.2. The van der Waals surface area contributed by atoms with Crippen LogP contribution >= 0.6 is 0 Å². The van der Waals surface area contributed by atoms with Crippen molar-refractivity contribution in [3.05, 3.63) is 60.1 Å². The molecule has 5 rings (SSSR count). The van der Waals surface area contributed by atoms with Crippen molar-refractivity contribution in [2.24, 2.45) is 28.6 Å². The van der Waals surface area contributed by atoms with Crippen LogP contribution in [0.4, 0.5) is 0 Å². The second kappa shape index (κ2) is 10.0. The summed E-state index contributed by atoms with van der Waals surface area (Å²) in [4.78, 5) is 53.4. The lowest BCUT2D eigenvalue weighted by molar-refractivity contribution is -0.210. The normalized spacial score (nSPS) is 34.4. The summed E-state index contributed by atoms with van der Waals surface area (Å²) in [5.74, 6) is -3.34. The minimum atomic E-state index is -1.08. The van der Waals surface area contributed by atoms with Crippen molar-refractivity contribution in [2.45, 2.75) is 64.6 Å².